The van der Waals surface area contributed by atoms with Crippen molar-refractivity contribution in [3.05, 3.63) is 35.1 Å². The second kappa shape index (κ2) is 4.31. The van der Waals surface area contributed by atoms with Gasteiger partial charge in [-0.1, -0.05) is 0 Å². The molecule has 0 spiro atoms. The molecule has 0 saturated heterocycles. The van der Waals surface area contributed by atoms with E-state index in [1.54, 1.807) is 0 Å². The van der Waals surface area contributed by atoms with Crippen molar-refractivity contribution in [2.45, 2.75) is 19.3 Å². The Bertz CT molecular complexity index is 497. The van der Waals surface area contributed by atoms with Gasteiger partial charge in [0, 0.05) is 24.8 Å². The Morgan fingerprint density at radius 2 is 1.76 bits per heavy atom. The molecule has 1 aromatic carbocycles. The van der Waals surface area contributed by atoms with E-state index in [-0.39, 0.29) is 18.6 Å². The zero-order chi connectivity index (χ0) is 12.6. The average Bonchev–Trinajstić information content (AvgIpc) is 2.69. The lowest BCUT2D eigenvalue weighted by atomic mass is 9.96. The highest BCUT2D eigenvalue weighted by Crippen LogP contribution is 2.27. The van der Waals surface area contributed by atoms with E-state index in [2.05, 4.69) is 0 Å². The Kier molecular flexibility index (Phi) is 3.00. The predicted molar refractivity (Wildman–Crippen MR) is 53.0 cm³/mol. The third-order valence-corrected chi connectivity index (χ3v) is 2.89. The molecule has 0 radical (unpaired) electrons. The lowest BCUT2D eigenvalue weighted by Gasteiger charge is -2.08. The summed E-state index contributed by atoms with van der Waals surface area (Å²) in [5.41, 5.74) is -0.483. The summed E-state index contributed by atoms with van der Waals surface area (Å²) in [5, 5.41) is 0. The summed E-state index contributed by atoms with van der Waals surface area (Å²) >= 11 is 0. The van der Waals surface area contributed by atoms with E-state index < -0.39 is 34.7 Å². The molecule has 0 N–H and O–H groups in total. The second-order valence-electron chi connectivity index (χ2n) is 4.09. The van der Waals surface area contributed by atoms with E-state index >= 15 is 0 Å². The van der Waals surface area contributed by atoms with Crippen LogP contribution in [0.25, 0.3) is 0 Å². The van der Waals surface area contributed by atoms with Gasteiger partial charge < -0.3 is 0 Å². The second-order valence-corrected chi connectivity index (χ2v) is 4.09. The molecule has 0 aliphatic heterocycles. The fraction of sp³-hybridized carbons (Fsp3) is 0.333. The Labute approximate surface area is 95.4 Å². The van der Waals surface area contributed by atoms with Crippen molar-refractivity contribution < 1.29 is 22.8 Å². The largest absolute Gasteiger partial charge is 0.300 e. The van der Waals surface area contributed by atoms with Crippen LogP contribution in [0.4, 0.5) is 13.2 Å². The molecule has 1 aliphatic carbocycles. The third-order valence-electron chi connectivity index (χ3n) is 2.89. The molecule has 1 aliphatic rings. The van der Waals surface area contributed by atoms with Crippen molar-refractivity contribution in [2.75, 3.05) is 0 Å². The Balaban J connectivity index is 2.31. The molecule has 1 aromatic rings. The number of ketones is 2. The van der Waals surface area contributed by atoms with Crippen LogP contribution < -0.4 is 0 Å². The van der Waals surface area contributed by atoms with Crippen LogP contribution in [0.15, 0.2) is 12.1 Å². The van der Waals surface area contributed by atoms with Crippen molar-refractivity contribution >= 4 is 11.6 Å². The molecule has 1 atom stereocenters. The molecule has 2 rings (SSSR count). The van der Waals surface area contributed by atoms with Gasteiger partial charge in [0.1, 0.15) is 11.6 Å². The summed E-state index contributed by atoms with van der Waals surface area (Å²) in [4.78, 5) is 22.8. The zero-order valence-corrected chi connectivity index (χ0v) is 8.80. The van der Waals surface area contributed by atoms with Crippen molar-refractivity contribution in [1.29, 1.82) is 0 Å². The van der Waals surface area contributed by atoms with E-state index in [1.165, 1.54) is 0 Å². The molecule has 0 aromatic heterocycles. The molecule has 1 fully saturated rings. The van der Waals surface area contributed by atoms with Crippen LogP contribution in [0, 0.1) is 23.4 Å². The highest BCUT2D eigenvalue weighted by Gasteiger charge is 2.30. The normalized spacial score (nSPS) is 19.7. The number of carbonyl (C=O) groups is 2. The lowest BCUT2D eigenvalue weighted by molar-refractivity contribution is -0.117. The molecule has 1 unspecified atom stereocenters. The molecule has 1 saturated carbocycles. The minimum absolute atomic E-state index is 0.0528. The number of benzene rings is 1. The Hall–Kier alpha value is -1.65. The first-order valence-electron chi connectivity index (χ1n) is 5.19. The molecule has 0 amide bonds. The van der Waals surface area contributed by atoms with Crippen LogP contribution in [-0.2, 0) is 4.79 Å². The van der Waals surface area contributed by atoms with Gasteiger partial charge in [0.2, 0.25) is 0 Å². The number of halogens is 3. The molecular weight excluding hydrogens is 233 g/mol. The number of hydrogen-bond acceptors (Lipinski definition) is 2. The average molecular weight is 242 g/mol. The van der Waals surface area contributed by atoms with Gasteiger partial charge in [-0.3, -0.25) is 9.59 Å². The number of rotatable bonds is 2. The maximum atomic E-state index is 13.3. The van der Waals surface area contributed by atoms with Crippen LogP contribution in [0.3, 0.4) is 0 Å². The number of Topliss-reactive ketones (excluding diaryl/α,β-unsaturated/α-hetero) is 2. The van der Waals surface area contributed by atoms with E-state index in [0.29, 0.717) is 18.6 Å². The monoisotopic (exact) mass is 242 g/mol. The summed E-state index contributed by atoms with van der Waals surface area (Å²) in [6.45, 7) is 0. The van der Waals surface area contributed by atoms with Crippen LogP contribution in [0.2, 0.25) is 0 Å². The smallest absolute Gasteiger partial charge is 0.169 e. The standard InChI is InChI=1S/C12H9F3O2/c13-9-5-11(15)10(14)4-8(9)12(17)6-1-2-7(16)3-6/h4-6H,1-3H2. The lowest BCUT2D eigenvalue weighted by Crippen LogP contribution is -2.14. The number of carbonyl (C=O) groups excluding carboxylic acids is 2. The van der Waals surface area contributed by atoms with E-state index in [1.807, 2.05) is 0 Å². The molecular formula is C12H9F3O2. The maximum Gasteiger partial charge on any atom is 0.169 e. The van der Waals surface area contributed by atoms with E-state index in [4.69, 9.17) is 0 Å². The zero-order valence-electron chi connectivity index (χ0n) is 8.80. The van der Waals surface area contributed by atoms with Crippen LogP contribution in [0.5, 0.6) is 0 Å². The van der Waals surface area contributed by atoms with Crippen LogP contribution in [0.1, 0.15) is 29.6 Å². The third kappa shape index (κ3) is 2.23. The maximum absolute atomic E-state index is 13.3. The van der Waals surface area contributed by atoms with Gasteiger partial charge in [0.25, 0.3) is 0 Å². The minimum atomic E-state index is -1.33. The Morgan fingerprint density at radius 1 is 1.12 bits per heavy atom. The van der Waals surface area contributed by atoms with Gasteiger partial charge >= 0.3 is 0 Å². The SMILES string of the molecule is O=C1CCC(C(=O)c2cc(F)c(F)cc2F)C1. The molecule has 2 nitrogen and oxygen atoms in total. The van der Waals surface area contributed by atoms with Crippen molar-refractivity contribution in [2.24, 2.45) is 5.92 Å². The highest BCUT2D eigenvalue weighted by molar-refractivity contribution is 6.01. The van der Waals surface area contributed by atoms with Gasteiger partial charge in [-0.15, -0.1) is 0 Å². The summed E-state index contributed by atoms with van der Waals surface area (Å²) in [6.07, 6.45) is 0.676. The van der Waals surface area contributed by atoms with Gasteiger partial charge in [-0.05, 0) is 12.5 Å². The van der Waals surface area contributed by atoms with Gasteiger partial charge in [-0.25, -0.2) is 13.2 Å². The molecule has 0 heterocycles. The quantitative estimate of drug-likeness (QED) is 0.590. The first-order valence-corrected chi connectivity index (χ1v) is 5.19. The topological polar surface area (TPSA) is 34.1 Å². The molecule has 5 heteroatoms. The molecule has 90 valence electrons. The fourth-order valence-corrected chi connectivity index (χ4v) is 1.97. The van der Waals surface area contributed by atoms with Crippen molar-refractivity contribution in [1.82, 2.24) is 0 Å². The molecule has 17 heavy (non-hydrogen) atoms. The van der Waals surface area contributed by atoms with Crippen molar-refractivity contribution in [3.63, 3.8) is 0 Å². The summed E-state index contributed by atoms with van der Waals surface area (Å²) < 4.78 is 38.9. The summed E-state index contributed by atoms with van der Waals surface area (Å²) in [7, 11) is 0. The van der Waals surface area contributed by atoms with Gasteiger partial charge in [0.15, 0.2) is 17.4 Å². The van der Waals surface area contributed by atoms with Crippen molar-refractivity contribution in [3.8, 4) is 0 Å². The highest BCUT2D eigenvalue weighted by atomic mass is 19.2. The predicted octanol–water partition coefficient (Wildman–Crippen LogP) is 2.66. The van der Waals surface area contributed by atoms with Gasteiger partial charge in [0.05, 0.1) is 5.56 Å². The first-order chi connectivity index (χ1) is 7.99. The molecule has 0 bridgehead atoms. The Morgan fingerprint density at radius 3 is 2.35 bits per heavy atom. The number of hydrogen-bond donors (Lipinski definition) is 0. The fourth-order valence-electron chi connectivity index (χ4n) is 1.97. The van der Waals surface area contributed by atoms with Crippen LogP contribution in [-0.4, -0.2) is 11.6 Å². The van der Waals surface area contributed by atoms with Gasteiger partial charge in [-0.2, -0.15) is 0 Å². The first kappa shape index (κ1) is 11.8. The summed E-state index contributed by atoms with van der Waals surface area (Å²) in [6, 6.07) is 0.898. The minimum Gasteiger partial charge on any atom is -0.300 e. The van der Waals surface area contributed by atoms with E-state index in [0.717, 1.165) is 0 Å². The van der Waals surface area contributed by atoms with E-state index in [9.17, 15) is 22.8 Å². The summed E-state index contributed by atoms with van der Waals surface area (Å²) in [5.74, 6) is -4.99. The van der Waals surface area contributed by atoms with Crippen LogP contribution >= 0.6 is 0 Å².